The molecule has 2 aromatic rings. The molecule has 3 rings (SSSR count). The molecule has 2 aromatic carbocycles. The van der Waals surface area contributed by atoms with Crippen molar-refractivity contribution in [1.82, 2.24) is 0 Å². The summed E-state index contributed by atoms with van der Waals surface area (Å²) in [5, 5.41) is 3.16. The van der Waals surface area contributed by atoms with E-state index in [2.05, 4.69) is 17.2 Å². The second-order valence-electron chi connectivity index (χ2n) is 4.96. The molecule has 0 spiro atoms. The predicted octanol–water partition coefficient (Wildman–Crippen LogP) is 3.20. The minimum Gasteiger partial charge on any atom is -0.325 e. The molecular weight excluding hydrogens is 281 g/mol. The Balaban J connectivity index is 1.93. The summed E-state index contributed by atoms with van der Waals surface area (Å²) in [6.45, 7) is 2.07. The molecule has 112 valence electrons. The first-order chi connectivity index (χ1) is 10.7. The van der Waals surface area contributed by atoms with Gasteiger partial charge in [0.15, 0.2) is 0 Å². The molecule has 0 aromatic heterocycles. The molecule has 0 saturated heterocycles. The maximum absolute atomic E-state index is 14.0. The van der Waals surface area contributed by atoms with Gasteiger partial charge in [0.1, 0.15) is 12.4 Å². The molecule has 1 aliphatic heterocycles. The normalized spacial score (nSPS) is 14.2. The fourth-order valence-electron chi connectivity index (χ4n) is 2.45. The largest absolute Gasteiger partial charge is 0.325 e. The van der Waals surface area contributed by atoms with Crippen molar-refractivity contribution in [3.63, 3.8) is 0 Å². The maximum Gasteiger partial charge on any atom is 0.255 e. The van der Waals surface area contributed by atoms with Gasteiger partial charge in [-0.1, -0.05) is 37.3 Å². The number of hydrogen-bond donors (Lipinski definition) is 1. The van der Waals surface area contributed by atoms with Gasteiger partial charge in [-0.25, -0.2) is 14.3 Å². The minimum atomic E-state index is -0.448. The van der Waals surface area contributed by atoms with Crippen LogP contribution in [0.15, 0.2) is 53.5 Å². The minimum absolute atomic E-state index is 0.0188. The van der Waals surface area contributed by atoms with Crippen LogP contribution in [0, 0.1) is 5.82 Å². The molecule has 1 heterocycles. The van der Waals surface area contributed by atoms with Crippen LogP contribution in [0.1, 0.15) is 12.5 Å². The van der Waals surface area contributed by atoms with E-state index in [4.69, 9.17) is 0 Å². The molecule has 1 amide bonds. The van der Waals surface area contributed by atoms with Crippen molar-refractivity contribution in [1.29, 1.82) is 0 Å². The number of halogens is 1. The molecule has 0 aliphatic carbocycles. The summed E-state index contributed by atoms with van der Waals surface area (Å²) in [6.07, 6.45) is 0.851. The van der Waals surface area contributed by atoms with Gasteiger partial charge < -0.3 is 5.32 Å². The molecule has 0 bridgehead atoms. The van der Waals surface area contributed by atoms with E-state index >= 15 is 0 Å². The zero-order valence-corrected chi connectivity index (χ0v) is 12.2. The lowest BCUT2D eigenvalue weighted by Gasteiger charge is -2.21. The molecule has 1 N–H and O–H groups in total. The molecule has 5 heteroatoms. The van der Waals surface area contributed by atoms with Crippen molar-refractivity contribution in [3.05, 3.63) is 59.9 Å². The summed E-state index contributed by atoms with van der Waals surface area (Å²) in [4.78, 5) is 17.6. The number of benzene rings is 2. The van der Waals surface area contributed by atoms with E-state index in [1.54, 1.807) is 18.2 Å². The Morgan fingerprint density at radius 3 is 2.68 bits per heavy atom. The first-order valence-corrected chi connectivity index (χ1v) is 7.17. The van der Waals surface area contributed by atoms with Gasteiger partial charge in [0, 0.05) is 5.69 Å². The Labute approximate surface area is 128 Å². The van der Waals surface area contributed by atoms with E-state index in [0.717, 1.165) is 17.7 Å². The third-order valence-electron chi connectivity index (χ3n) is 3.56. The number of hydrogen-bond acceptors (Lipinski definition) is 3. The summed E-state index contributed by atoms with van der Waals surface area (Å²) in [5.74, 6) is -0.339. The fraction of sp³-hybridized carbons (Fsp3) is 0.176. The lowest BCUT2D eigenvalue weighted by Crippen LogP contribution is -2.37. The van der Waals surface area contributed by atoms with Crippen LogP contribution < -0.4 is 10.2 Å². The number of anilines is 2. The summed E-state index contributed by atoms with van der Waals surface area (Å²) in [7, 11) is 0. The zero-order valence-electron chi connectivity index (χ0n) is 12.2. The smallest absolute Gasteiger partial charge is 0.255 e. The van der Waals surface area contributed by atoms with E-state index in [0.29, 0.717) is 5.96 Å². The van der Waals surface area contributed by atoms with Crippen LogP contribution in [0.4, 0.5) is 15.8 Å². The highest BCUT2D eigenvalue weighted by Gasteiger charge is 2.29. The van der Waals surface area contributed by atoms with Crippen LogP contribution in [0.3, 0.4) is 0 Å². The van der Waals surface area contributed by atoms with E-state index in [1.165, 1.54) is 11.0 Å². The molecule has 4 nitrogen and oxygen atoms in total. The van der Waals surface area contributed by atoms with Gasteiger partial charge >= 0.3 is 0 Å². The van der Waals surface area contributed by atoms with Crippen molar-refractivity contribution in [2.75, 3.05) is 16.8 Å². The van der Waals surface area contributed by atoms with E-state index < -0.39 is 5.82 Å². The average molecular weight is 297 g/mol. The molecular formula is C17H16FN3O. The lowest BCUT2D eigenvalue weighted by molar-refractivity contribution is -0.115. The van der Waals surface area contributed by atoms with E-state index in [1.807, 2.05) is 24.3 Å². The number of para-hydroxylation sites is 2. The number of carbonyl (C=O) groups excluding carboxylic acids is 1. The number of carbonyl (C=O) groups is 1. The van der Waals surface area contributed by atoms with Gasteiger partial charge in [0.05, 0.1) is 5.69 Å². The summed E-state index contributed by atoms with van der Waals surface area (Å²) in [6, 6.07) is 14.0. The SMILES string of the molecule is CCc1ccccc1NC1=NCC(=O)N1c1ccccc1F. The second kappa shape index (κ2) is 5.97. The summed E-state index contributed by atoms with van der Waals surface area (Å²) in [5.41, 5.74) is 2.20. The maximum atomic E-state index is 14.0. The van der Waals surface area contributed by atoms with Gasteiger partial charge in [-0.3, -0.25) is 4.79 Å². The van der Waals surface area contributed by atoms with Crippen LogP contribution in [0.2, 0.25) is 0 Å². The topological polar surface area (TPSA) is 44.7 Å². The van der Waals surface area contributed by atoms with Crippen LogP contribution in [-0.2, 0) is 11.2 Å². The van der Waals surface area contributed by atoms with Crippen molar-refractivity contribution in [2.24, 2.45) is 4.99 Å². The third-order valence-corrected chi connectivity index (χ3v) is 3.56. The zero-order chi connectivity index (χ0) is 15.5. The Bertz CT molecular complexity index is 742. The van der Waals surface area contributed by atoms with Crippen LogP contribution in [0.5, 0.6) is 0 Å². The second-order valence-corrected chi connectivity index (χ2v) is 4.96. The Morgan fingerprint density at radius 1 is 1.18 bits per heavy atom. The number of aliphatic imine (C=N–C) groups is 1. The number of nitrogens with one attached hydrogen (secondary N) is 1. The standard InChI is InChI=1S/C17H16FN3O/c1-2-12-7-3-5-9-14(12)20-17-19-11-16(22)21(17)15-10-6-4-8-13(15)18/h3-10H,2,11H2,1H3,(H,19,20). The van der Waals surface area contributed by atoms with E-state index in [-0.39, 0.29) is 18.1 Å². The van der Waals surface area contributed by atoms with Gasteiger partial charge in [0.2, 0.25) is 5.96 Å². The number of rotatable bonds is 3. The Kier molecular flexibility index (Phi) is 3.87. The highest BCUT2D eigenvalue weighted by atomic mass is 19.1. The summed E-state index contributed by atoms with van der Waals surface area (Å²) >= 11 is 0. The number of amides is 1. The number of nitrogens with zero attached hydrogens (tertiary/aromatic N) is 2. The summed E-state index contributed by atoms with van der Waals surface area (Å²) < 4.78 is 14.0. The highest BCUT2D eigenvalue weighted by Crippen LogP contribution is 2.24. The van der Waals surface area contributed by atoms with Crippen LogP contribution >= 0.6 is 0 Å². The Morgan fingerprint density at radius 2 is 1.91 bits per heavy atom. The quantitative estimate of drug-likeness (QED) is 0.945. The van der Waals surface area contributed by atoms with Gasteiger partial charge in [-0.05, 0) is 30.2 Å². The number of guanidine groups is 1. The molecule has 0 saturated carbocycles. The first kappa shape index (κ1) is 14.3. The monoisotopic (exact) mass is 297 g/mol. The van der Waals surface area contributed by atoms with Gasteiger partial charge in [0.25, 0.3) is 5.91 Å². The predicted molar refractivity (Wildman–Crippen MR) is 85.6 cm³/mol. The van der Waals surface area contributed by atoms with Crippen molar-refractivity contribution in [2.45, 2.75) is 13.3 Å². The molecule has 22 heavy (non-hydrogen) atoms. The average Bonchev–Trinajstić information content (AvgIpc) is 2.89. The van der Waals surface area contributed by atoms with Crippen LogP contribution in [-0.4, -0.2) is 18.4 Å². The van der Waals surface area contributed by atoms with E-state index in [9.17, 15) is 9.18 Å². The van der Waals surface area contributed by atoms with Crippen LogP contribution in [0.25, 0.3) is 0 Å². The van der Waals surface area contributed by atoms with Crippen molar-refractivity contribution < 1.29 is 9.18 Å². The molecule has 0 radical (unpaired) electrons. The Hall–Kier alpha value is -2.69. The molecule has 0 unspecified atom stereocenters. The fourth-order valence-corrected chi connectivity index (χ4v) is 2.45. The van der Waals surface area contributed by atoms with Crippen molar-refractivity contribution in [3.8, 4) is 0 Å². The third kappa shape index (κ3) is 2.57. The highest BCUT2D eigenvalue weighted by molar-refractivity contribution is 6.24. The number of aryl methyl sites for hydroxylation is 1. The van der Waals surface area contributed by atoms with Gasteiger partial charge in [-0.2, -0.15) is 0 Å². The first-order valence-electron chi connectivity index (χ1n) is 7.17. The molecule has 1 aliphatic rings. The van der Waals surface area contributed by atoms with Gasteiger partial charge in [-0.15, -0.1) is 0 Å². The molecule has 0 fully saturated rings. The molecule has 0 atom stereocenters. The lowest BCUT2D eigenvalue weighted by atomic mass is 10.1. The van der Waals surface area contributed by atoms with Crippen molar-refractivity contribution >= 4 is 23.2 Å².